The van der Waals surface area contributed by atoms with E-state index in [9.17, 15) is 30.6 Å². The molecule has 0 bridgehead atoms. The summed E-state index contributed by atoms with van der Waals surface area (Å²) >= 11 is 0. The number of hydrogen-bond acceptors (Lipinski definition) is 19. The van der Waals surface area contributed by atoms with Crippen LogP contribution in [0.15, 0.2) is 12.2 Å². The fourth-order valence-corrected chi connectivity index (χ4v) is 5.92. The molecule has 1 aliphatic carbocycles. The van der Waals surface area contributed by atoms with Gasteiger partial charge in [-0.2, -0.15) is 0 Å². The smallest absolute Gasteiger partial charge is 0.187 e. The average molecular weight is 654 g/mol. The van der Waals surface area contributed by atoms with Crippen LogP contribution in [0.25, 0.3) is 0 Å². The van der Waals surface area contributed by atoms with Gasteiger partial charge in [-0.1, -0.05) is 12.2 Å². The van der Waals surface area contributed by atoms with Crippen LogP contribution < -0.4 is 39.7 Å². The first-order valence-electron chi connectivity index (χ1n) is 15.2. The predicted molar refractivity (Wildman–Crippen MR) is 154 cm³/mol. The van der Waals surface area contributed by atoms with E-state index in [1.165, 1.54) is 0 Å². The quantitative estimate of drug-likeness (QED) is 0.0820. The first-order chi connectivity index (χ1) is 21.4. The minimum atomic E-state index is -1.58. The maximum atomic E-state index is 11.5. The lowest BCUT2D eigenvalue weighted by molar-refractivity contribution is -0.284. The molecular weight excluding hydrogens is 602 g/mol. The first-order valence-corrected chi connectivity index (χ1v) is 15.2. The van der Waals surface area contributed by atoms with Gasteiger partial charge in [0.2, 0.25) is 0 Å². The predicted octanol–water partition coefficient (Wildman–Crippen LogP) is -8.11. The molecule has 0 aromatic rings. The Morgan fingerprint density at radius 2 is 1.42 bits per heavy atom. The Morgan fingerprint density at radius 3 is 2.07 bits per heavy atom. The van der Waals surface area contributed by atoms with E-state index in [1.54, 1.807) is 12.2 Å². The second-order valence-electron chi connectivity index (χ2n) is 11.9. The molecule has 3 fully saturated rings. The maximum absolute atomic E-state index is 11.5. The molecule has 0 aromatic heterocycles. The Hall–Kier alpha value is -1.02. The number of ether oxygens (including phenoxy) is 6. The summed E-state index contributed by atoms with van der Waals surface area (Å²) < 4.78 is 35.5. The lowest BCUT2D eigenvalue weighted by Crippen LogP contribution is -2.66. The molecule has 19 heteroatoms. The van der Waals surface area contributed by atoms with Gasteiger partial charge in [-0.15, -0.1) is 0 Å². The van der Waals surface area contributed by atoms with Crippen molar-refractivity contribution in [2.75, 3.05) is 32.8 Å². The van der Waals surface area contributed by atoms with E-state index < -0.39 is 117 Å². The summed E-state index contributed by atoms with van der Waals surface area (Å²) in [6, 6.07) is -3.38. The Kier molecular flexibility index (Phi) is 13.4. The van der Waals surface area contributed by atoms with Gasteiger partial charge in [0, 0.05) is 38.3 Å². The van der Waals surface area contributed by atoms with Gasteiger partial charge < -0.3 is 98.8 Å². The third-order valence-corrected chi connectivity index (χ3v) is 8.64. The largest absolute Gasteiger partial charge is 0.394 e. The highest BCUT2D eigenvalue weighted by Gasteiger charge is 2.53. The normalized spacial score (nSPS) is 48.0. The molecule has 18 atom stereocenters. The van der Waals surface area contributed by atoms with Crippen molar-refractivity contribution in [3.05, 3.63) is 12.2 Å². The van der Waals surface area contributed by atoms with Crippen molar-refractivity contribution in [2.45, 2.75) is 117 Å². The summed E-state index contributed by atoms with van der Waals surface area (Å²) in [5.41, 5.74) is 35.7. The topological polar surface area (TPSA) is 345 Å². The highest BCUT2D eigenvalue weighted by molar-refractivity contribution is 5.06. The molecule has 0 aromatic carbocycles. The Labute approximate surface area is 260 Å². The molecule has 262 valence electrons. The summed E-state index contributed by atoms with van der Waals surface area (Å²) in [4.78, 5) is 0. The first kappa shape index (κ1) is 36.8. The van der Waals surface area contributed by atoms with Crippen LogP contribution in [0.3, 0.4) is 0 Å². The van der Waals surface area contributed by atoms with Crippen LogP contribution in [-0.2, 0) is 28.4 Å². The zero-order valence-electron chi connectivity index (χ0n) is 24.9. The SMILES string of the molecule is NCC(O)CN[C@@H]1C[C@H](N)[C@@H](O[C@H]2O[C@H](CN)C=C[C@H]2N)[C@H](O[C@@H]2O[C@H](CO)[C@@H](O[C@H]3O[C@@H](CN)[C@@H](O)[C@H](O)[C@H]3N)[C@H]2O)[C@H]1O. The van der Waals surface area contributed by atoms with Gasteiger partial charge in [-0.3, -0.25) is 0 Å². The van der Waals surface area contributed by atoms with Crippen molar-refractivity contribution in [2.24, 2.45) is 34.4 Å². The molecule has 2 saturated heterocycles. The second-order valence-corrected chi connectivity index (χ2v) is 11.9. The zero-order valence-corrected chi connectivity index (χ0v) is 24.9. The Balaban J connectivity index is 1.53. The van der Waals surface area contributed by atoms with Crippen molar-refractivity contribution < 1.29 is 59.1 Å². The van der Waals surface area contributed by atoms with Crippen molar-refractivity contribution in [3.8, 4) is 0 Å². The molecule has 4 aliphatic rings. The van der Waals surface area contributed by atoms with E-state index >= 15 is 0 Å². The van der Waals surface area contributed by atoms with Crippen LogP contribution in [-0.4, -0.2) is 174 Å². The van der Waals surface area contributed by atoms with Crippen LogP contribution in [0.1, 0.15) is 6.42 Å². The standard InChI is InChI=1S/C26H51N7O12/c27-4-9(35)7-33-13-3-12(31)21(43-24-11(30)2-1-10(5-28)40-24)23(17(13)36)45-26-20(39)22(15(8-34)42-26)44-25-16(32)19(38)18(37)14(6-29)41-25/h1-2,9-26,33-39H,3-8,27-32H2/t9?,10-,11+,12-,13+,14-,15+,16+,17-,18+,19+,20+,21+,22+,23+,24+,25+,26-/m0/s1. The van der Waals surface area contributed by atoms with Gasteiger partial charge in [0.15, 0.2) is 18.9 Å². The number of aliphatic hydroxyl groups is 6. The van der Waals surface area contributed by atoms with Gasteiger partial charge in [-0.05, 0) is 6.42 Å². The van der Waals surface area contributed by atoms with E-state index in [1.807, 2.05) is 0 Å². The van der Waals surface area contributed by atoms with Gasteiger partial charge in [-0.25, -0.2) is 0 Å². The Bertz CT molecular complexity index is 945. The fourth-order valence-electron chi connectivity index (χ4n) is 5.92. The molecule has 1 unspecified atom stereocenters. The number of aliphatic hydroxyl groups excluding tert-OH is 6. The minimum Gasteiger partial charge on any atom is -0.394 e. The average Bonchev–Trinajstić information content (AvgIpc) is 3.33. The van der Waals surface area contributed by atoms with Crippen LogP contribution in [0, 0.1) is 0 Å². The molecule has 0 amide bonds. The van der Waals surface area contributed by atoms with Crippen LogP contribution in [0.4, 0.5) is 0 Å². The van der Waals surface area contributed by atoms with E-state index in [2.05, 4.69) is 5.32 Å². The molecule has 0 radical (unpaired) electrons. The molecule has 19 N–H and O–H groups in total. The van der Waals surface area contributed by atoms with Gasteiger partial charge in [0.25, 0.3) is 0 Å². The van der Waals surface area contributed by atoms with E-state index in [4.69, 9.17) is 62.8 Å². The number of rotatable bonds is 13. The molecule has 4 rings (SSSR count). The number of nitrogens with two attached hydrogens (primary N) is 6. The van der Waals surface area contributed by atoms with Gasteiger partial charge in [0.05, 0.1) is 37.0 Å². The van der Waals surface area contributed by atoms with E-state index in [-0.39, 0.29) is 32.6 Å². The van der Waals surface area contributed by atoms with E-state index in [0.29, 0.717) is 0 Å². The fraction of sp³-hybridized carbons (Fsp3) is 0.923. The minimum absolute atomic E-state index is 0.0112. The summed E-state index contributed by atoms with van der Waals surface area (Å²) in [5, 5.41) is 66.4. The molecule has 1 saturated carbocycles. The number of nitrogens with one attached hydrogen (secondary N) is 1. The highest BCUT2D eigenvalue weighted by Crippen LogP contribution is 2.34. The molecule has 19 nitrogen and oxygen atoms in total. The maximum Gasteiger partial charge on any atom is 0.187 e. The van der Waals surface area contributed by atoms with Crippen LogP contribution >= 0.6 is 0 Å². The third-order valence-electron chi connectivity index (χ3n) is 8.64. The summed E-state index contributed by atoms with van der Waals surface area (Å²) in [5.74, 6) is 0. The van der Waals surface area contributed by atoms with Crippen molar-refractivity contribution in [1.29, 1.82) is 0 Å². The summed E-state index contributed by atoms with van der Waals surface area (Å²) in [6.45, 7) is -0.568. The molecule has 0 spiro atoms. The molecule has 3 heterocycles. The molecule has 3 aliphatic heterocycles. The van der Waals surface area contributed by atoms with Crippen molar-refractivity contribution in [3.63, 3.8) is 0 Å². The molecule has 45 heavy (non-hydrogen) atoms. The molecular formula is C26H51N7O12. The van der Waals surface area contributed by atoms with Crippen LogP contribution in [0.5, 0.6) is 0 Å². The highest BCUT2D eigenvalue weighted by atomic mass is 16.8. The van der Waals surface area contributed by atoms with Crippen LogP contribution in [0.2, 0.25) is 0 Å². The lowest BCUT2D eigenvalue weighted by Gasteiger charge is -2.46. The van der Waals surface area contributed by atoms with Crippen molar-refractivity contribution in [1.82, 2.24) is 5.32 Å². The van der Waals surface area contributed by atoms with Gasteiger partial charge >= 0.3 is 0 Å². The van der Waals surface area contributed by atoms with Crippen molar-refractivity contribution >= 4 is 0 Å². The van der Waals surface area contributed by atoms with E-state index in [0.717, 1.165) is 0 Å². The lowest BCUT2D eigenvalue weighted by atomic mass is 9.83. The monoisotopic (exact) mass is 653 g/mol. The summed E-state index contributed by atoms with van der Waals surface area (Å²) in [7, 11) is 0. The Morgan fingerprint density at radius 1 is 0.756 bits per heavy atom. The third kappa shape index (κ3) is 8.35. The second kappa shape index (κ2) is 16.4. The summed E-state index contributed by atoms with van der Waals surface area (Å²) in [6.07, 6.45) is -13.1. The number of hydrogen-bond donors (Lipinski definition) is 13. The zero-order chi connectivity index (χ0) is 33.0. The van der Waals surface area contributed by atoms with Gasteiger partial charge in [0.1, 0.15) is 48.8 Å².